The maximum absolute atomic E-state index is 12.8. The molecule has 1 saturated heterocycles. The molecule has 0 atom stereocenters. The largest absolute Gasteiger partial charge is 0.416 e. The number of aliphatic imine (C=N–C) groups is 1. The van der Waals surface area contributed by atoms with Crippen LogP contribution < -0.4 is 10.2 Å². The van der Waals surface area contributed by atoms with Gasteiger partial charge in [0.05, 0.1) is 22.7 Å². The van der Waals surface area contributed by atoms with E-state index in [4.69, 9.17) is 12.2 Å². The molecule has 42 heavy (non-hydrogen) atoms. The Kier molecular flexibility index (Phi) is 8.46. The zero-order chi connectivity index (χ0) is 30.0. The van der Waals surface area contributed by atoms with Crippen LogP contribution in [0.1, 0.15) is 42.0 Å². The van der Waals surface area contributed by atoms with E-state index in [-0.39, 0.29) is 16.9 Å². The number of amidine groups is 1. The summed E-state index contributed by atoms with van der Waals surface area (Å²) in [5.41, 5.74) is 4.42. The zero-order valence-corrected chi connectivity index (χ0v) is 24.6. The second kappa shape index (κ2) is 12.1. The second-order valence-corrected chi connectivity index (χ2v) is 11.4. The summed E-state index contributed by atoms with van der Waals surface area (Å²) in [6.45, 7) is 6.61. The van der Waals surface area contributed by atoms with Crippen LogP contribution in [0.15, 0.2) is 78.0 Å². The van der Waals surface area contributed by atoms with Crippen molar-refractivity contribution in [1.82, 2.24) is 20.1 Å². The first-order valence-corrected chi connectivity index (χ1v) is 14.5. The number of nitrogens with zero attached hydrogens (tertiary/aromatic N) is 5. The Morgan fingerprint density at radius 1 is 1.10 bits per heavy atom. The van der Waals surface area contributed by atoms with E-state index in [0.29, 0.717) is 29.0 Å². The molecule has 1 fully saturated rings. The van der Waals surface area contributed by atoms with Crippen LogP contribution in [0.25, 0.3) is 17.1 Å². The van der Waals surface area contributed by atoms with Crippen LogP contribution >= 0.6 is 24.0 Å². The van der Waals surface area contributed by atoms with Crippen molar-refractivity contribution in [3.63, 3.8) is 0 Å². The monoisotopic (exact) mass is 608 g/mol. The van der Waals surface area contributed by atoms with Crippen molar-refractivity contribution in [3.8, 4) is 17.1 Å². The number of aromatic nitrogens is 3. The maximum atomic E-state index is 12.8. The third-order valence-electron chi connectivity index (χ3n) is 6.62. The van der Waals surface area contributed by atoms with Gasteiger partial charge in [-0.15, -0.1) is 5.10 Å². The molecule has 4 aromatic rings. The number of alkyl halides is 3. The summed E-state index contributed by atoms with van der Waals surface area (Å²) in [4.78, 5) is 23.3. The number of hydrogen-bond donors (Lipinski definition) is 1. The fourth-order valence-electron chi connectivity index (χ4n) is 4.42. The van der Waals surface area contributed by atoms with Gasteiger partial charge in [-0.1, -0.05) is 62.0 Å². The van der Waals surface area contributed by atoms with Crippen molar-refractivity contribution < 1.29 is 18.0 Å². The lowest BCUT2D eigenvalue weighted by Crippen LogP contribution is -2.32. The summed E-state index contributed by atoms with van der Waals surface area (Å²) in [5.74, 6) is 0.953. The van der Waals surface area contributed by atoms with E-state index in [1.54, 1.807) is 4.90 Å². The van der Waals surface area contributed by atoms with Crippen LogP contribution in [-0.4, -0.2) is 36.7 Å². The highest BCUT2D eigenvalue weighted by atomic mass is 32.2. The van der Waals surface area contributed by atoms with Gasteiger partial charge in [0.25, 0.3) is 0 Å². The number of halogens is 3. The number of nitrogens with one attached hydrogen (secondary N) is 1. The summed E-state index contributed by atoms with van der Waals surface area (Å²) in [6.07, 6.45) is -2.94. The molecule has 0 spiro atoms. The number of anilines is 1. The number of amides is 1. The van der Waals surface area contributed by atoms with Gasteiger partial charge in [0.1, 0.15) is 6.33 Å². The Labute approximate surface area is 250 Å². The molecule has 5 rings (SSSR count). The summed E-state index contributed by atoms with van der Waals surface area (Å²) < 4.78 is 40.0. The Hall–Kier alpha value is -4.03. The van der Waals surface area contributed by atoms with Gasteiger partial charge in [0, 0.05) is 12.1 Å². The Morgan fingerprint density at radius 3 is 2.48 bits per heavy atom. The molecule has 1 amide bonds. The third kappa shape index (κ3) is 6.55. The Balaban J connectivity index is 1.23. The predicted molar refractivity (Wildman–Crippen MR) is 164 cm³/mol. The van der Waals surface area contributed by atoms with Crippen molar-refractivity contribution in [1.29, 1.82) is 0 Å². The molecule has 1 aliphatic heterocycles. The van der Waals surface area contributed by atoms with Crippen LogP contribution in [-0.2, 0) is 17.5 Å². The van der Waals surface area contributed by atoms with Crippen LogP contribution in [0.4, 0.5) is 18.9 Å². The van der Waals surface area contributed by atoms with E-state index in [1.165, 1.54) is 34.9 Å². The summed E-state index contributed by atoms with van der Waals surface area (Å²) >= 11 is 6.85. The van der Waals surface area contributed by atoms with Gasteiger partial charge in [0.2, 0.25) is 5.91 Å². The average Bonchev–Trinajstić information content (AvgIpc) is 3.59. The minimum Gasteiger partial charge on any atom is -0.357 e. The molecule has 0 bridgehead atoms. The maximum Gasteiger partial charge on any atom is 0.416 e. The average molecular weight is 609 g/mol. The van der Waals surface area contributed by atoms with E-state index in [9.17, 15) is 18.0 Å². The molecule has 1 aliphatic rings. The van der Waals surface area contributed by atoms with E-state index >= 15 is 0 Å². The van der Waals surface area contributed by atoms with Gasteiger partial charge in [-0.05, 0) is 72.1 Å². The van der Waals surface area contributed by atoms with Gasteiger partial charge < -0.3 is 5.32 Å². The number of carbonyl (C=O) groups is 1. The molecule has 1 aromatic heterocycles. The number of thiocarbonyl (C=S) groups is 1. The molecule has 7 nitrogen and oxygen atoms in total. The molecular weight excluding hydrogens is 581 g/mol. The van der Waals surface area contributed by atoms with Crippen molar-refractivity contribution in [2.75, 3.05) is 10.7 Å². The first kappa shape index (κ1) is 29.5. The lowest BCUT2D eigenvalue weighted by Gasteiger charge is -2.22. The van der Waals surface area contributed by atoms with Gasteiger partial charge in [0.15, 0.2) is 16.1 Å². The highest BCUT2D eigenvalue weighted by Gasteiger charge is 2.32. The molecule has 216 valence electrons. The number of benzene rings is 3. The van der Waals surface area contributed by atoms with Crippen molar-refractivity contribution in [3.05, 3.63) is 95.3 Å². The van der Waals surface area contributed by atoms with E-state index in [1.807, 2.05) is 43.3 Å². The van der Waals surface area contributed by atoms with Crippen LogP contribution in [0.2, 0.25) is 0 Å². The topological polar surface area (TPSA) is 75.4 Å². The number of thioether (sulfide) groups is 1. The predicted octanol–water partition coefficient (Wildman–Crippen LogP) is 6.90. The fraction of sp³-hybridized carbons (Fsp3) is 0.233. The lowest BCUT2D eigenvalue weighted by atomic mass is 9.99. The number of aryl methyl sites for hydroxylation is 1. The van der Waals surface area contributed by atoms with Crippen LogP contribution in [0.5, 0.6) is 0 Å². The lowest BCUT2D eigenvalue weighted by molar-refractivity contribution is -0.137. The molecular formula is C30H27F3N6OS2. The molecule has 1 N–H and O–H groups in total. The SMILES string of the molecule is Cc1ccc(C(C)C)c(N2C(=O)CS/C2=N\C(=S)NCc2ccc(-c3ncn(-c4ccc(C(F)(F)F)cc4)n3)cc2)c1. The smallest absolute Gasteiger partial charge is 0.357 e. The molecule has 12 heteroatoms. The minimum absolute atomic E-state index is 0.0287. The molecule has 2 heterocycles. The summed E-state index contributed by atoms with van der Waals surface area (Å²) in [7, 11) is 0. The number of rotatable bonds is 6. The highest BCUT2D eigenvalue weighted by Crippen LogP contribution is 2.34. The van der Waals surface area contributed by atoms with E-state index < -0.39 is 11.7 Å². The van der Waals surface area contributed by atoms with E-state index in [0.717, 1.165) is 40.1 Å². The quantitative estimate of drug-likeness (QED) is 0.240. The van der Waals surface area contributed by atoms with Crippen molar-refractivity contribution >= 4 is 45.9 Å². The normalized spacial score (nSPS) is 14.7. The summed E-state index contributed by atoms with van der Waals surface area (Å²) in [5, 5.41) is 8.36. The van der Waals surface area contributed by atoms with E-state index in [2.05, 4.69) is 40.3 Å². The Morgan fingerprint density at radius 2 is 1.81 bits per heavy atom. The van der Waals surface area contributed by atoms with Crippen LogP contribution in [0, 0.1) is 6.92 Å². The van der Waals surface area contributed by atoms with Gasteiger partial charge in [-0.2, -0.15) is 18.2 Å². The second-order valence-electron chi connectivity index (χ2n) is 10.0. The number of hydrogen-bond acceptors (Lipinski definition) is 5. The molecule has 0 aliphatic carbocycles. The molecule has 3 aromatic carbocycles. The van der Waals surface area contributed by atoms with Gasteiger partial charge in [-0.3, -0.25) is 9.69 Å². The number of carbonyl (C=O) groups excluding carboxylic acids is 1. The van der Waals surface area contributed by atoms with Crippen molar-refractivity contribution in [2.45, 2.75) is 39.4 Å². The molecule has 0 saturated carbocycles. The zero-order valence-electron chi connectivity index (χ0n) is 23.0. The minimum atomic E-state index is -4.40. The Bertz CT molecular complexity index is 1650. The van der Waals surface area contributed by atoms with Crippen LogP contribution in [0.3, 0.4) is 0 Å². The van der Waals surface area contributed by atoms with Gasteiger partial charge >= 0.3 is 6.18 Å². The molecule has 0 radical (unpaired) electrons. The third-order valence-corrected chi connectivity index (χ3v) is 7.78. The van der Waals surface area contributed by atoms with Crippen molar-refractivity contribution in [2.24, 2.45) is 4.99 Å². The standard InChI is InChI=1S/C30H27F3N6OS2/c1-18(2)24-13-4-19(3)14-25(24)39-26(40)16-42-29(39)36-28(41)34-15-20-5-7-21(8-6-20)27-35-17-38(37-27)23-11-9-22(10-12-23)30(31,32)33/h4-14,17-18H,15-16H2,1-3H3,(H,34,41)/b36-29-. The highest BCUT2D eigenvalue weighted by molar-refractivity contribution is 8.15. The van der Waals surface area contributed by atoms with Gasteiger partial charge in [-0.25, -0.2) is 9.67 Å². The first-order valence-electron chi connectivity index (χ1n) is 13.1. The molecule has 0 unspecified atom stereocenters. The first-order chi connectivity index (χ1) is 20.0. The summed E-state index contributed by atoms with van der Waals surface area (Å²) in [6, 6.07) is 18.4. The fourth-order valence-corrected chi connectivity index (χ4v) is 5.50.